The number of tetrazole rings is 1. The molecular formula is C10H8N5. The standard InChI is InChI=1S/C10H8N5/c1-2-4-9-8(3-1)5-6-15(9)7-10-11-13-14-12-10/h1-5H,7H2,(H,11,12,13,14). The van der Waals surface area contributed by atoms with Crippen LogP contribution in [0.3, 0.4) is 0 Å². The number of hydrogen-bond donors (Lipinski definition) is 1. The third-order valence-electron chi connectivity index (χ3n) is 2.30. The summed E-state index contributed by atoms with van der Waals surface area (Å²) in [6.07, 6.45) is 3.15. The maximum absolute atomic E-state index is 3.84. The van der Waals surface area contributed by atoms with Crippen LogP contribution in [-0.2, 0) is 6.54 Å². The van der Waals surface area contributed by atoms with Crippen molar-refractivity contribution in [2.45, 2.75) is 6.54 Å². The van der Waals surface area contributed by atoms with Crippen LogP contribution < -0.4 is 0 Å². The molecule has 0 fully saturated rings. The maximum Gasteiger partial charge on any atom is 0.168 e. The molecule has 0 aliphatic carbocycles. The van der Waals surface area contributed by atoms with Gasteiger partial charge in [0.2, 0.25) is 0 Å². The third-order valence-corrected chi connectivity index (χ3v) is 2.30. The van der Waals surface area contributed by atoms with Gasteiger partial charge in [-0.25, -0.2) is 5.10 Å². The predicted molar refractivity (Wildman–Crippen MR) is 54.1 cm³/mol. The van der Waals surface area contributed by atoms with Gasteiger partial charge in [-0.15, -0.1) is 5.10 Å². The Hall–Kier alpha value is -2.17. The first-order valence-electron chi connectivity index (χ1n) is 4.62. The minimum atomic E-state index is 0.612. The van der Waals surface area contributed by atoms with E-state index in [4.69, 9.17) is 0 Å². The average Bonchev–Trinajstić information content (AvgIpc) is 2.89. The van der Waals surface area contributed by atoms with E-state index in [2.05, 4.69) is 39.0 Å². The summed E-state index contributed by atoms with van der Waals surface area (Å²) in [7, 11) is 0. The van der Waals surface area contributed by atoms with E-state index in [1.54, 1.807) is 0 Å². The molecule has 0 atom stereocenters. The molecule has 5 nitrogen and oxygen atoms in total. The van der Waals surface area contributed by atoms with Gasteiger partial charge in [0.15, 0.2) is 5.82 Å². The molecule has 2 heterocycles. The van der Waals surface area contributed by atoms with Crippen LogP contribution in [0.1, 0.15) is 5.82 Å². The number of rotatable bonds is 2. The Morgan fingerprint density at radius 1 is 1.33 bits per heavy atom. The van der Waals surface area contributed by atoms with Gasteiger partial charge in [0, 0.05) is 10.9 Å². The number of aromatic amines is 1. The molecule has 5 heteroatoms. The average molecular weight is 198 g/mol. The van der Waals surface area contributed by atoms with Crippen LogP contribution in [0.15, 0.2) is 30.3 Å². The highest BCUT2D eigenvalue weighted by molar-refractivity contribution is 5.79. The van der Waals surface area contributed by atoms with Gasteiger partial charge in [-0.1, -0.05) is 18.2 Å². The molecule has 3 rings (SSSR count). The molecule has 0 aliphatic rings. The Balaban J connectivity index is 2.05. The molecule has 3 aromatic rings. The molecule has 1 radical (unpaired) electrons. The molecule has 0 spiro atoms. The number of fused-ring (bicyclic) bond motifs is 1. The molecule has 0 unspecified atom stereocenters. The minimum Gasteiger partial charge on any atom is -0.331 e. The number of nitrogens with zero attached hydrogens (tertiary/aromatic N) is 4. The Labute approximate surface area is 85.7 Å². The molecule has 0 saturated heterocycles. The lowest BCUT2D eigenvalue weighted by Gasteiger charge is -2.00. The first-order valence-corrected chi connectivity index (χ1v) is 4.62. The second-order valence-electron chi connectivity index (χ2n) is 3.27. The minimum absolute atomic E-state index is 0.612. The number of aromatic nitrogens is 5. The fourth-order valence-corrected chi connectivity index (χ4v) is 1.60. The molecule has 0 saturated carbocycles. The first kappa shape index (κ1) is 8.16. The van der Waals surface area contributed by atoms with E-state index < -0.39 is 0 Å². The maximum atomic E-state index is 3.84. The summed E-state index contributed by atoms with van der Waals surface area (Å²) in [6.45, 7) is 0.612. The van der Waals surface area contributed by atoms with Gasteiger partial charge in [-0.2, -0.15) is 0 Å². The zero-order valence-electron chi connectivity index (χ0n) is 7.88. The lowest BCUT2D eigenvalue weighted by atomic mass is 10.2. The van der Waals surface area contributed by atoms with Crippen LogP contribution in [0, 0.1) is 6.20 Å². The first-order chi connectivity index (χ1) is 7.43. The highest BCUT2D eigenvalue weighted by atomic mass is 15.5. The molecule has 2 aromatic heterocycles. The van der Waals surface area contributed by atoms with Crippen molar-refractivity contribution in [1.82, 2.24) is 25.2 Å². The fraction of sp³-hybridized carbons (Fsp3) is 0.100. The monoisotopic (exact) mass is 198 g/mol. The summed E-state index contributed by atoms with van der Waals surface area (Å²) in [4.78, 5) is 0. The van der Waals surface area contributed by atoms with E-state index in [9.17, 15) is 0 Å². The number of nitrogens with one attached hydrogen (secondary N) is 1. The van der Waals surface area contributed by atoms with Crippen LogP contribution in [0.2, 0.25) is 0 Å². The van der Waals surface area contributed by atoms with Crippen LogP contribution >= 0.6 is 0 Å². The van der Waals surface area contributed by atoms with Crippen molar-refractivity contribution in [3.05, 3.63) is 42.4 Å². The quantitative estimate of drug-likeness (QED) is 0.668. The smallest absolute Gasteiger partial charge is 0.168 e. The van der Waals surface area contributed by atoms with Crippen molar-refractivity contribution in [2.75, 3.05) is 0 Å². The highest BCUT2D eigenvalue weighted by Gasteiger charge is 2.03. The van der Waals surface area contributed by atoms with E-state index >= 15 is 0 Å². The third kappa shape index (κ3) is 1.38. The van der Waals surface area contributed by atoms with E-state index in [-0.39, 0.29) is 0 Å². The van der Waals surface area contributed by atoms with E-state index in [0.29, 0.717) is 6.54 Å². The summed E-state index contributed by atoms with van der Waals surface area (Å²) in [5.74, 6) is 0.729. The van der Waals surface area contributed by atoms with Crippen LogP contribution in [-0.4, -0.2) is 25.2 Å². The number of hydrogen-bond acceptors (Lipinski definition) is 3. The second-order valence-corrected chi connectivity index (χ2v) is 3.27. The lowest BCUT2D eigenvalue weighted by molar-refractivity contribution is 0.770. The lowest BCUT2D eigenvalue weighted by Crippen LogP contribution is -2.00. The van der Waals surface area contributed by atoms with Gasteiger partial charge in [-0.3, -0.25) is 0 Å². The Morgan fingerprint density at radius 3 is 3.13 bits per heavy atom. The van der Waals surface area contributed by atoms with Gasteiger partial charge in [-0.05, 0) is 22.6 Å². The van der Waals surface area contributed by atoms with Crippen molar-refractivity contribution < 1.29 is 0 Å². The van der Waals surface area contributed by atoms with Crippen molar-refractivity contribution in [1.29, 1.82) is 0 Å². The largest absolute Gasteiger partial charge is 0.331 e. The summed E-state index contributed by atoms with van der Waals surface area (Å²) >= 11 is 0. The van der Waals surface area contributed by atoms with Gasteiger partial charge in [0.05, 0.1) is 12.7 Å². The molecule has 15 heavy (non-hydrogen) atoms. The van der Waals surface area contributed by atoms with E-state index in [1.807, 2.05) is 22.8 Å². The molecule has 1 aromatic carbocycles. The van der Waals surface area contributed by atoms with Crippen LogP contribution in [0.25, 0.3) is 10.9 Å². The van der Waals surface area contributed by atoms with E-state index in [1.165, 1.54) is 5.39 Å². The van der Waals surface area contributed by atoms with Crippen molar-refractivity contribution >= 4 is 10.9 Å². The zero-order valence-corrected chi connectivity index (χ0v) is 7.88. The topological polar surface area (TPSA) is 59.4 Å². The second kappa shape index (κ2) is 3.20. The number of benzene rings is 1. The van der Waals surface area contributed by atoms with E-state index in [0.717, 1.165) is 11.3 Å². The normalized spacial score (nSPS) is 10.9. The SMILES string of the molecule is [c]1cc2ccccc2n1Cc1nnn[nH]1. The Kier molecular flexibility index (Phi) is 1.74. The molecular weight excluding hydrogens is 190 g/mol. The summed E-state index contributed by atoms with van der Waals surface area (Å²) in [5, 5.41) is 14.8. The Morgan fingerprint density at radius 2 is 2.27 bits per heavy atom. The summed E-state index contributed by atoms with van der Waals surface area (Å²) in [5.41, 5.74) is 1.13. The van der Waals surface area contributed by atoms with Crippen molar-refractivity contribution in [3.63, 3.8) is 0 Å². The number of H-pyrrole nitrogens is 1. The van der Waals surface area contributed by atoms with Crippen LogP contribution in [0.5, 0.6) is 0 Å². The Bertz CT molecular complexity index is 566. The van der Waals surface area contributed by atoms with Crippen molar-refractivity contribution in [3.8, 4) is 0 Å². The van der Waals surface area contributed by atoms with Gasteiger partial charge >= 0.3 is 0 Å². The number of para-hydroxylation sites is 1. The zero-order chi connectivity index (χ0) is 10.1. The molecule has 0 amide bonds. The fourth-order valence-electron chi connectivity index (χ4n) is 1.60. The molecule has 1 N–H and O–H groups in total. The molecule has 0 bridgehead atoms. The van der Waals surface area contributed by atoms with Gasteiger partial charge in [0.25, 0.3) is 0 Å². The molecule has 73 valence electrons. The van der Waals surface area contributed by atoms with Gasteiger partial charge in [0.1, 0.15) is 0 Å². The predicted octanol–water partition coefficient (Wildman–Crippen LogP) is 1.00. The highest BCUT2D eigenvalue weighted by Crippen LogP contribution is 2.14. The molecule has 0 aliphatic heterocycles. The van der Waals surface area contributed by atoms with Crippen LogP contribution in [0.4, 0.5) is 0 Å². The summed E-state index contributed by atoms with van der Waals surface area (Å²) < 4.78 is 1.98. The summed E-state index contributed by atoms with van der Waals surface area (Å²) in [6, 6.07) is 10.1. The van der Waals surface area contributed by atoms with Gasteiger partial charge < -0.3 is 4.57 Å². The van der Waals surface area contributed by atoms with Crippen molar-refractivity contribution in [2.24, 2.45) is 0 Å².